The summed E-state index contributed by atoms with van der Waals surface area (Å²) in [6, 6.07) is 0.589. The fourth-order valence-electron chi connectivity index (χ4n) is 4.28. The molecule has 2 heterocycles. The second-order valence-corrected chi connectivity index (χ2v) is 7.89. The molecular weight excluding hydrogens is 286 g/mol. The highest BCUT2D eigenvalue weighted by Gasteiger charge is 2.69. The average Bonchev–Trinajstić information content (AvgIpc) is 2.76. The molecule has 1 unspecified atom stereocenters. The smallest absolute Gasteiger partial charge is 0.226 e. The predicted octanol–water partition coefficient (Wildman–Crippen LogP) is 1.60. The number of carbonyl (C=O) groups is 1. The maximum Gasteiger partial charge on any atom is 0.226 e. The third kappa shape index (κ3) is 2.71. The molecule has 0 spiro atoms. The van der Waals surface area contributed by atoms with Crippen molar-refractivity contribution in [3.63, 3.8) is 0 Å². The molecule has 1 atom stereocenters. The molecule has 1 aliphatic carbocycles. The zero-order valence-electron chi connectivity index (χ0n) is 13.8. The van der Waals surface area contributed by atoms with Crippen LogP contribution in [0.25, 0.3) is 0 Å². The molecule has 0 bridgehead atoms. The minimum Gasteiger partial charge on any atom is -0.341 e. The van der Waals surface area contributed by atoms with E-state index in [2.05, 4.69) is 42.8 Å². The van der Waals surface area contributed by atoms with Crippen molar-refractivity contribution in [1.29, 1.82) is 0 Å². The van der Waals surface area contributed by atoms with Crippen LogP contribution in [0, 0.1) is 16.7 Å². The highest BCUT2D eigenvalue weighted by molar-refractivity contribution is 5.85. The van der Waals surface area contributed by atoms with Crippen LogP contribution in [0.5, 0.6) is 0 Å². The largest absolute Gasteiger partial charge is 0.341 e. The van der Waals surface area contributed by atoms with E-state index in [-0.39, 0.29) is 29.2 Å². The SMILES string of the molecule is CC1(C)C(C(=O)N2CCC(N3CCNCC3)C2)C1(C)C.Cl. The van der Waals surface area contributed by atoms with Crippen LogP contribution in [0.2, 0.25) is 0 Å². The summed E-state index contributed by atoms with van der Waals surface area (Å²) in [5.74, 6) is 0.620. The molecule has 3 aliphatic rings. The van der Waals surface area contributed by atoms with Crippen molar-refractivity contribution in [1.82, 2.24) is 15.1 Å². The molecule has 2 saturated heterocycles. The summed E-state index contributed by atoms with van der Waals surface area (Å²) < 4.78 is 0. The van der Waals surface area contributed by atoms with Crippen molar-refractivity contribution in [2.24, 2.45) is 16.7 Å². The van der Waals surface area contributed by atoms with Crippen molar-refractivity contribution in [3.05, 3.63) is 0 Å². The molecule has 1 saturated carbocycles. The van der Waals surface area contributed by atoms with Crippen molar-refractivity contribution in [2.45, 2.75) is 40.2 Å². The maximum absolute atomic E-state index is 12.8. The van der Waals surface area contributed by atoms with Crippen LogP contribution < -0.4 is 5.32 Å². The molecule has 0 aromatic heterocycles. The first-order valence-electron chi connectivity index (χ1n) is 8.09. The number of carbonyl (C=O) groups excluding carboxylic acids is 1. The first kappa shape index (κ1) is 17.0. The van der Waals surface area contributed by atoms with Gasteiger partial charge >= 0.3 is 0 Å². The fraction of sp³-hybridized carbons (Fsp3) is 0.938. The number of rotatable bonds is 2. The molecule has 4 nitrogen and oxygen atoms in total. The highest BCUT2D eigenvalue weighted by atomic mass is 35.5. The molecule has 3 rings (SSSR count). The molecule has 1 amide bonds. The summed E-state index contributed by atoms with van der Waals surface area (Å²) in [7, 11) is 0. The second kappa shape index (κ2) is 5.71. The van der Waals surface area contributed by atoms with Crippen LogP contribution in [-0.2, 0) is 4.79 Å². The summed E-state index contributed by atoms with van der Waals surface area (Å²) in [5.41, 5.74) is 0.328. The lowest BCUT2D eigenvalue weighted by Crippen LogP contribution is -2.49. The maximum atomic E-state index is 12.8. The van der Waals surface area contributed by atoms with Crippen LogP contribution in [-0.4, -0.2) is 61.0 Å². The van der Waals surface area contributed by atoms with Gasteiger partial charge in [0, 0.05) is 51.2 Å². The lowest BCUT2D eigenvalue weighted by molar-refractivity contribution is -0.133. The number of likely N-dealkylation sites (tertiary alicyclic amines) is 1. The Kier molecular flexibility index (Phi) is 4.63. The van der Waals surface area contributed by atoms with Crippen LogP contribution in [0.3, 0.4) is 0 Å². The third-order valence-electron chi connectivity index (χ3n) is 6.41. The molecule has 5 heteroatoms. The Morgan fingerprint density at radius 1 is 1.05 bits per heavy atom. The normalized spacial score (nSPS) is 31.8. The van der Waals surface area contributed by atoms with Gasteiger partial charge in [-0.25, -0.2) is 0 Å². The molecule has 122 valence electrons. The average molecular weight is 316 g/mol. The van der Waals surface area contributed by atoms with E-state index in [1.54, 1.807) is 0 Å². The molecule has 0 aromatic rings. The van der Waals surface area contributed by atoms with Gasteiger partial charge in [0.2, 0.25) is 5.91 Å². The molecule has 0 aromatic carbocycles. The van der Waals surface area contributed by atoms with E-state index in [1.165, 1.54) is 0 Å². The van der Waals surface area contributed by atoms with Crippen molar-refractivity contribution < 1.29 is 4.79 Å². The van der Waals surface area contributed by atoms with Gasteiger partial charge in [-0.05, 0) is 17.3 Å². The van der Waals surface area contributed by atoms with Gasteiger partial charge in [-0.1, -0.05) is 27.7 Å². The second-order valence-electron chi connectivity index (χ2n) is 7.89. The third-order valence-corrected chi connectivity index (χ3v) is 6.41. The van der Waals surface area contributed by atoms with Gasteiger partial charge in [0.25, 0.3) is 0 Å². The predicted molar refractivity (Wildman–Crippen MR) is 87.7 cm³/mol. The van der Waals surface area contributed by atoms with Gasteiger partial charge in [-0.3, -0.25) is 9.69 Å². The Labute approximate surface area is 135 Å². The van der Waals surface area contributed by atoms with E-state index in [1.807, 2.05) is 0 Å². The highest BCUT2D eigenvalue weighted by Crippen LogP contribution is 2.68. The fourth-order valence-corrected chi connectivity index (χ4v) is 4.28. The lowest BCUT2D eigenvalue weighted by Gasteiger charge is -2.32. The molecule has 2 aliphatic heterocycles. The van der Waals surface area contributed by atoms with Gasteiger partial charge in [0.15, 0.2) is 0 Å². The van der Waals surface area contributed by atoms with Gasteiger partial charge in [0.05, 0.1) is 0 Å². The monoisotopic (exact) mass is 315 g/mol. The quantitative estimate of drug-likeness (QED) is 0.841. The van der Waals surface area contributed by atoms with E-state index in [0.29, 0.717) is 11.9 Å². The van der Waals surface area contributed by atoms with E-state index < -0.39 is 0 Å². The number of halogens is 1. The van der Waals surface area contributed by atoms with Crippen molar-refractivity contribution in [3.8, 4) is 0 Å². The first-order chi connectivity index (χ1) is 9.35. The summed E-state index contributed by atoms with van der Waals surface area (Å²) >= 11 is 0. The van der Waals surface area contributed by atoms with Crippen LogP contribution in [0.4, 0.5) is 0 Å². The van der Waals surface area contributed by atoms with Gasteiger partial charge in [-0.2, -0.15) is 0 Å². The number of piperazine rings is 1. The number of hydrogen-bond donors (Lipinski definition) is 1. The first-order valence-corrected chi connectivity index (χ1v) is 8.09. The summed E-state index contributed by atoms with van der Waals surface area (Å²) in [5, 5.41) is 3.40. The Hall–Kier alpha value is -0.320. The summed E-state index contributed by atoms with van der Waals surface area (Å²) in [4.78, 5) is 17.5. The van der Waals surface area contributed by atoms with Crippen LogP contribution >= 0.6 is 12.4 Å². The zero-order valence-corrected chi connectivity index (χ0v) is 14.6. The van der Waals surface area contributed by atoms with Crippen LogP contribution in [0.1, 0.15) is 34.1 Å². The van der Waals surface area contributed by atoms with Crippen molar-refractivity contribution in [2.75, 3.05) is 39.3 Å². The Bertz CT molecular complexity index is 390. The Balaban J connectivity index is 0.00000161. The number of amides is 1. The van der Waals surface area contributed by atoms with Crippen molar-refractivity contribution >= 4 is 18.3 Å². The van der Waals surface area contributed by atoms with Gasteiger partial charge < -0.3 is 10.2 Å². The zero-order chi connectivity index (χ0) is 14.5. The topological polar surface area (TPSA) is 35.6 Å². The molecular formula is C16H30ClN3O. The van der Waals surface area contributed by atoms with E-state index in [9.17, 15) is 4.79 Å². The van der Waals surface area contributed by atoms with Crippen LogP contribution in [0.15, 0.2) is 0 Å². The minimum absolute atomic E-state index is 0. The number of nitrogens with one attached hydrogen (secondary N) is 1. The summed E-state index contributed by atoms with van der Waals surface area (Å²) in [6.07, 6.45) is 1.15. The summed E-state index contributed by atoms with van der Waals surface area (Å²) in [6.45, 7) is 15.3. The van der Waals surface area contributed by atoms with E-state index >= 15 is 0 Å². The standard InChI is InChI=1S/C16H29N3O.ClH/c1-15(2)13(16(15,3)4)14(20)19-8-5-12(11-19)18-9-6-17-7-10-18;/h12-13,17H,5-11H2,1-4H3;1H. The van der Waals surface area contributed by atoms with Gasteiger partial charge in [-0.15, -0.1) is 12.4 Å². The van der Waals surface area contributed by atoms with Gasteiger partial charge in [0.1, 0.15) is 0 Å². The number of nitrogens with zero attached hydrogens (tertiary/aromatic N) is 2. The van der Waals surface area contributed by atoms with E-state index in [4.69, 9.17) is 0 Å². The van der Waals surface area contributed by atoms with E-state index in [0.717, 1.165) is 45.7 Å². The molecule has 0 radical (unpaired) electrons. The Morgan fingerprint density at radius 3 is 2.14 bits per heavy atom. The number of hydrogen-bond acceptors (Lipinski definition) is 3. The Morgan fingerprint density at radius 2 is 1.62 bits per heavy atom. The molecule has 21 heavy (non-hydrogen) atoms. The molecule has 3 fully saturated rings. The minimum atomic E-state index is 0. The lowest BCUT2D eigenvalue weighted by atomic mass is 10.0. The molecule has 1 N–H and O–H groups in total.